The number of carbonyl (C=O) groups excluding carboxylic acids is 2. The molecule has 4 rings (SSSR count). The minimum absolute atomic E-state index is 0.0962. The fourth-order valence-electron chi connectivity index (χ4n) is 4.60. The molecule has 0 radical (unpaired) electrons. The van der Waals surface area contributed by atoms with Crippen molar-refractivity contribution in [2.24, 2.45) is 7.05 Å². The van der Waals surface area contributed by atoms with Gasteiger partial charge in [-0.1, -0.05) is 35.5 Å². The van der Waals surface area contributed by atoms with Crippen molar-refractivity contribution in [3.05, 3.63) is 70.2 Å². The van der Waals surface area contributed by atoms with Gasteiger partial charge in [0.05, 0.1) is 24.8 Å². The van der Waals surface area contributed by atoms with Crippen molar-refractivity contribution in [3.63, 3.8) is 0 Å². The summed E-state index contributed by atoms with van der Waals surface area (Å²) in [4.78, 5) is 45.2. The van der Waals surface area contributed by atoms with Gasteiger partial charge >= 0.3 is 6.09 Å². The summed E-state index contributed by atoms with van der Waals surface area (Å²) >= 11 is 0. The van der Waals surface area contributed by atoms with Crippen LogP contribution >= 0.6 is 0 Å². The highest BCUT2D eigenvalue weighted by Gasteiger charge is 2.44. The number of piperidine rings is 1. The van der Waals surface area contributed by atoms with E-state index in [1.807, 2.05) is 30.3 Å². The first-order valence-electron chi connectivity index (χ1n) is 12.6. The van der Waals surface area contributed by atoms with Crippen molar-refractivity contribution < 1.29 is 28.7 Å². The third kappa shape index (κ3) is 6.45. The number of hydrogen-bond donors (Lipinski definition) is 2. The summed E-state index contributed by atoms with van der Waals surface area (Å²) in [5.41, 5.74) is -1.74. The van der Waals surface area contributed by atoms with E-state index in [4.69, 9.17) is 14.0 Å². The van der Waals surface area contributed by atoms with Crippen LogP contribution in [-0.2, 0) is 28.5 Å². The van der Waals surface area contributed by atoms with Crippen LogP contribution in [0.1, 0.15) is 55.5 Å². The maximum atomic E-state index is 13.1. The van der Waals surface area contributed by atoms with Crippen molar-refractivity contribution in [2.45, 2.75) is 51.2 Å². The Morgan fingerprint density at radius 3 is 2.64 bits per heavy atom. The van der Waals surface area contributed by atoms with Crippen molar-refractivity contribution in [1.82, 2.24) is 19.6 Å². The Kier molecular flexibility index (Phi) is 8.05. The van der Waals surface area contributed by atoms with Crippen LogP contribution in [0, 0.1) is 0 Å². The molecule has 2 aromatic heterocycles. The molecule has 208 valence electrons. The molecule has 0 saturated carbocycles. The molecule has 1 aliphatic rings. The number of carbonyl (C=O) groups is 2. The molecule has 0 spiro atoms. The zero-order chi connectivity index (χ0) is 28.2. The Labute approximate surface area is 225 Å². The Hall–Kier alpha value is -4.19. The Morgan fingerprint density at radius 2 is 1.97 bits per heavy atom. The van der Waals surface area contributed by atoms with Crippen LogP contribution in [0.4, 0.5) is 10.5 Å². The summed E-state index contributed by atoms with van der Waals surface area (Å²) in [5.74, 6) is -1.40. The highest BCUT2D eigenvalue weighted by atomic mass is 16.6. The number of anilines is 1. The number of benzene rings is 1. The molecule has 12 heteroatoms. The number of rotatable bonds is 7. The van der Waals surface area contributed by atoms with E-state index in [-0.39, 0.29) is 24.7 Å². The number of ether oxygens (including phenoxy) is 2. The van der Waals surface area contributed by atoms with Crippen LogP contribution in [0.15, 0.2) is 52.1 Å². The van der Waals surface area contributed by atoms with Crippen LogP contribution in [0.5, 0.6) is 5.75 Å². The first-order chi connectivity index (χ1) is 18.5. The van der Waals surface area contributed by atoms with Gasteiger partial charge in [-0.05, 0) is 39.2 Å². The van der Waals surface area contributed by atoms with Crippen molar-refractivity contribution in [3.8, 4) is 5.75 Å². The molecule has 1 aliphatic heterocycles. The van der Waals surface area contributed by atoms with Gasteiger partial charge < -0.3 is 29.3 Å². The Balaban J connectivity index is 1.72. The first-order valence-corrected chi connectivity index (χ1v) is 12.6. The van der Waals surface area contributed by atoms with Crippen LogP contribution in [0.3, 0.4) is 0 Å². The number of hydrogen-bond acceptors (Lipinski definition) is 9. The molecule has 1 fully saturated rings. The highest BCUT2D eigenvalue weighted by molar-refractivity contribution is 6.04. The summed E-state index contributed by atoms with van der Waals surface area (Å²) in [6.07, 6.45) is 3.07. The number of nitrogens with zero attached hydrogens (tertiary/aromatic N) is 4. The van der Waals surface area contributed by atoms with Gasteiger partial charge in [-0.2, -0.15) is 0 Å². The quantitative estimate of drug-likeness (QED) is 0.461. The molecule has 1 saturated heterocycles. The predicted molar refractivity (Wildman–Crippen MR) is 140 cm³/mol. The molecule has 2 N–H and O–H groups in total. The summed E-state index contributed by atoms with van der Waals surface area (Å²) in [7, 11) is 1.47. The topological polar surface area (TPSA) is 149 Å². The molecular weight excluding hydrogens is 506 g/mol. The number of nitrogens with one attached hydrogen (secondary N) is 1. The van der Waals surface area contributed by atoms with E-state index < -0.39 is 40.0 Å². The van der Waals surface area contributed by atoms with Crippen molar-refractivity contribution >= 4 is 17.7 Å². The van der Waals surface area contributed by atoms with Crippen LogP contribution in [0.25, 0.3) is 0 Å². The lowest BCUT2D eigenvalue weighted by atomic mass is 9.79. The Bertz CT molecular complexity index is 1370. The monoisotopic (exact) mass is 539 g/mol. The number of aromatic nitrogens is 3. The van der Waals surface area contributed by atoms with E-state index in [0.717, 1.165) is 5.56 Å². The van der Waals surface area contributed by atoms with Crippen LogP contribution < -0.4 is 10.9 Å². The molecular formula is C27H33N5O7. The minimum atomic E-state index is -0.974. The second-order valence-electron chi connectivity index (χ2n) is 10.6. The molecule has 2 amide bonds. The third-order valence-corrected chi connectivity index (χ3v) is 6.37. The third-order valence-electron chi connectivity index (χ3n) is 6.37. The van der Waals surface area contributed by atoms with E-state index in [1.165, 1.54) is 24.1 Å². The second kappa shape index (κ2) is 11.3. The van der Waals surface area contributed by atoms with E-state index in [2.05, 4.69) is 15.5 Å². The zero-order valence-corrected chi connectivity index (χ0v) is 22.5. The molecule has 3 aromatic rings. The molecule has 39 heavy (non-hydrogen) atoms. The fraction of sp³-hybridized carbons (Fsp3) is 0.444. The first kappa shape index (κ1) is 27.8. The summed E-state index contributed by atoms with van der Waals surface area (Å²) in [5, 5.41) is 16.6. The standard InChI is InChI=1S/C27H33N5O7/c1-26(2,3)39-25(36)32-12-8-11-27(16-32,17-37-14-18-9-6-5-7-10-18)24-30-20(21(33)23(35)31(24)4)22(34)29-19-13-28-38-15-19/h5-7,9-10,13,15,33H,8,11-12,14,16-17H2,1-4H3,(H,29,34). The van der Waals surface area contributed by atoms with Gasteiger partial charge in [0, 0.05) is 20.1 Å². The lowest BCUT2D eigenvalue weighted by molar-refractivity contribution is -0.00590. The maximum Gasteiger partial charge on any atom is 0.410 e. The second-order valence-corrected chi connectivity index (χ2v) is 10.6. The number of likely N-dealkylation sites (tertiary alicyclic amines) is 1. The van der Waals surface area contributed by atoms with Gasteiger partial charge in [0.15, 0.2) is 5.69 Å². The SMILES string of the molecule is Cn1c(C2(COCc3ccccc3)CCCN(C(=O)OC(C)(C)C)C2)nc(C(=O)Nc2cnoc2)c(O)c1=O. The Morgan fingerprint density at radius 1 is 1.23 bits per heavy atom. The normalized spacial score (nSPS) is 17.6. The van der Waals surface area contributed by atoms with E-state index in [1.54, 1.807) is 25.7 Å². The summed E-state index contributed by atoms with van der Waals surface area (Å²) < 4.78 is 17.7. The van der Waals surface area contributed by atoms with Gasteiger partial charge in [-0.3, -0.25) is 14.2 Å². The molecule has 1 aromatic carbocycles. The summed E-state index contributed by atoms with van der Waals surface area (Å²) in [6, 6.07) is 9.59. The van der Waals surface area contributed by atoms with Gasteiger partial charge in [-0.25, -0.2) is 9.78 Å². The maximum absolute atomic E-state index is 13.1. The molecule has 0 bridgehead atoms. The van der Waals surface area contributed by atoms with Crippen LogP contribution in [-0.4, -0.2) is 62.0 Å². The van der Waals surface area contributed by atoms with Gasteiger partial charge in [0.1, 0.15) is 23.4 Å². The fourth-order valence-corrected chi connectivity index (χ4v) is 4.60. The van der Waals surface area contributed by atoms with E-state index in [9.17, 15) is 19.5 Å². The zero-order valence-electron chi connectivity index (χ0n) is 22.5. The summed E-state index contributed by atoms with van der Waals surface area (Å²) in [6.45, 7) is 6.34. The van der Waals surface area contributed by atoms with Crippen molar-refractivity contribution in [2.75, 3.05) is 25.0 Å². The molecule has 1 atom stereocenters. The lowest BCUT2D eigenvalue weighted by Crippen LogP contribution is -2.54. The number of amides is 2. The van der Waals surface area contributed by atoms with Gasteiger partial charge in [-0.15, -0.1) is 0 Å². The number of aromatic hydroxyl groups is 1. The minimum Gasteiger partial charge on any atom is -0.501 e. The predicted octanol–water partition coefficient (Wildman–Crippen LogP) is 3.21. The molecule has 3 heterocycles. The smallest absolute Gasteiger partial charge is 0.410 e. The van der Waals surface area contributed by atoms with E-state index in [0.29, 0.717) is 26.0 Å². The molecule has 1 unspecified atom stereocenters. The van der Waals surface area contributed by atoms with Gasteiger partial charge in [0.2, 0.25) is 5.75 Å². The molecule has 12 nitrogen and oxygen atoms in total. The largest absolute Gasteiger partial charge is 0.501 e. The average molecular weight is 540 g/mol. The van der Waals surface area contributed by atoms with Gasteiger partial charge in [0.25, 0.3) is 11.5 Å². The van der Waals surface area contributed by atoms with E-state index >= 15 is 0 Å². The average Bonchev–Trinajstić information content (AvgIpc) is 3.40. The van der Waals surface area contributed by atoms with Crippen molar-refractivity contribution in [1.29, 1.82) is 0 Å². The highest BCUT2D eigenvalue weighted by Crippen LogP contribution is 2.35. The molecule has 0 aliphatic carbocycles. The lowest BCUT2D eigenvalue weighted by Gasteiger charge is -2.42. The van der Waals surface area contributed by atoms with Crippen LogP contribution in [0.2, 0.25) is 0 Å².